The molecule has 1 aliphatic heterocycles. The van der Waals surface area contributed by atoms with E-state index in [0.29, 0.717) is 23.5 Å². The Labute approximate surface area is 168 Å². The minimum Gasteiger partial charge on any atom is -0.381 e. The standard InChI is InChI=1S/C23H19N5O/c1-2-15-13-27-21-8-5-16(17-4-3-9-25-12-17)10-20(21)22(15)23(29)28-19-7-6-18(11-24)26-14-19/h3-10,12,14,27H,2,13H2,1H3,(H,28,29). The summed E-state index contributed by atoms with van der Waals surface area (Å²) in [5, 5.41) is 15.2. The smallest absolute Gasteiger partial charge is 0.256 e. The molecule has 2 N–H and O–H groups in total. The van der Waals surface area contributed by atoms with Gasteiger partial charge in [0.2, 0.25) is 0 Å². The molecular formula is C23H19N5O. The first-order valence-electron chi connectivity index (χ1n) is 9.38. The van der Waals surface area contributed by atoms with Crippen LogP contribution in [-0.2, 0) is 4.79 Å². The molecule has 6 heteroatoms. The zero-order valence-electron chi connectivity index (χ0n) is 15.9. The minimum atomic E-state index is -0.181. The van der Waals surface area contributed by atoms with Crippen LogP contribution in [0.4, 0.5) is 11.4 Å². The molecule has 1 aromatic carbocycles. The SMILES string of the molecule is CCC1=C(C(=O)Nc2ccc(C#N)nc2)c2cc(-c3cccnc3)ccc2NC1. The Morgan fingerprint density at radius 2 is 2.10 bits per heavy atom. The molecular weight excluding hydrogens is 362 g/mol. The van der Waals surface area contributed by atoms with Gasteiger partial charge in [-0.1, -0.05) is 19.1 Å². The summed E-state index contributed by atoms with van der Waals surface area (Å²) >= 11 is 0. The Bertz CT molecular complexity index is 1130. The van der Waals surface area contributed by atoms with Gasteiger partial charge in [0.25, 0.3) is 5.91 Å². The summed E-state index contributed by atoms with van der Waals surface area (Å²) in [4.78, 5) is 21.4. The third-order valence-corrected chi connectivity index (χ3v) is 4.92. The highest BCUT2D eigenvalue weighted by Crippen LogP contribution is 2.36. The van der Waals surface area contributed by atoms with Crippen molar-refractivity contribution < 1.29 is 4.79 Å². The molecule has 142 valence electrons. The minimum absolute atomic E-state index is 0.181. The van der Waals surface area contributed by atoms with Gasteiger partial charge in [-0.2, -0.15) is 5.26 Å². The number of anilines is 2. The first-order chi connectivity index (χ1) is 14.2. The van der Waals surface area contributed by atoms with Gasteiger partial charge in [-0.3, -0.25) is 9.78 Å². The van der Waals surface area contributed by atoms with E-state index in [9.17, 15) is 4.79 Å². The molecule has 0 atom stereocenters. The molecule has 0 radical (unpaired) electrons. The Kier molecular flexibility index (Phi) is 5.04. The van der Waals surface area contributed by atoms with Gasteiger partial charge in [0, 0.05) is 41.3 Å². The average molecular weight is 381 g/mol. The highest BCUT2D eigenvalue weighted by Gasteiger charge is 2.24. The van der Waals surface area contributed by atoms with E-state index in [0.717, 1.165) is 34.4 Å². The molecule has 0 unspecified atom stereocenters. The second-order valence-corrected chi connectivity index (χ2v) is 6.69. The zero-order valence-corrected chi connectivity index (χ0v) is 15.9. The molecule has 4 rings (SSSR count). The van der Waals surface area contributed by atoms with Gasteiger partial charge >= 0.3 is 0 Å². The Morgan fingerprint density at radius 1 is 1.21 bits per heavy atom. The van der Waals surface area contributed by atoms with Gasteiger partial charge in [-0.15, -0.1) is 0 Å². The highest BCUT2D eigenvalue weighted by atomic mass is 16.1. The van der Waals surface area contributed by atoms with Crippen molar-refractivity contribution in [2.24, 2.45) is 0 Å². The fourth-order valence-corrected chi connectivity index (χ4v) is 3.41. The first kappa shape index (κ1) is 18.4. The molecule has 0 saturated heterocycles. The van der Waals surface area contributed by atoms with Gasteiger partial charge in [-0.05, 0) is 47.9 Å². The fraction of sp³-hybridized carbons (Fsp3) is 0.130. The third kappa shape index (κ3) is 3.71. The number of nitrogens with one attached hydrogen (secondary N) is 2. The van der Waals surface area contributed by atoms with E-state index in [4.69, 9.17) is 5.26 Å². The Balaban J connectivity index is 1.72. The van der Waals surface area contributed by atoms with Crippen molar-refractivity contribution in [2.75, 3.05) is 17.2 Å². The highest BCUT2D eigenvalue weighted by molar-refractivity contribution is 6.28. The van der Waals surface area contributed by atoms with Gasteiger partial charge in [0.1, 0.15) is 11.8 Å². The van der Waals surface area contributed by atoms with Crippen LogP contribution >= 0.6 is 0 Å². The number of hydrogen-bond acceptors (Lipinski definition) is 5. The monoisotopic (exact) mass is 381 g/mol. The number of fused-ring (bicyclic) bond motifs is 1. The first-order valence-corrected chi connectivity index (χ1v) is 9.38. The molecule has 3 aromatic rings. The molecule has 0 spiro atoms. The number of hydrogen-bond donors (Lipinski definition) is 2. The van der Waals surface area contributed by atoms with E-state index in [1.54, 1.807) is 18.3 Å². The van der Waals surface area contributed by atoms with E-state index in [1.165, 1.54) is 6.20 Å². The maximum Gasteiger partial charge on any atom is 0.256 e. The maximum atomic E-state index is 13.2. The second kappa shape index (κ2) is 7.95. The lowest BCUT2D eigenvalue weighted by Crippen LogP contribution is -2.22. The van der Waals surface area contributed by atoms with Crippen molar-refractivity contribution in [1.29, 1.82) is 5.26 Å². The van der Waals surface area contributed by atoms with Crippen LogP contribution in [-0.4, -0.2) is 22.4 Å². The van der Waals surface area contributed by atoms with Gasteiger partial charge < -0.3 is 10.6 Å². The topological polar surface area (TPSA) is 90.7 Å². The number of benzene rings is 1. The van der Waals surface area contributed by atoms with Crippen LogP contribution in [0.3, 0.4) is 0 Å². The molecule has 1 amide bonds. The molecule has 2 aromatic heterocycles. The van der Waals surface area contributed by atoms with Gasteiger partial charge in [0.05, 0.1) is 11.9 Å². The summed E-state index contributed by atoms with van der Waals surface area (Å²) in [6.45, 7) is 2.67. The zero-order chi connectivity index (χ0) is 20.2. The largest absolute Gasteiger partial charge is 0.381 e. The predicted molar refractivity (Wildman–Crippen MR) is 113 cm³/mol. The number of carbonyl (C=O) groups excluding carboxylic acids is 1. The molecule has 0 fully saturated rings. The molecule has 6 nitrogen and oxygen atoms in total. The summed E-state index contributed by atoms with van der Waals surface area (Å²) < 4.78 is 0. The summed E-state index contributed by atoms with van der Waals surface area (Å²) in [6, 6.07) is 15.2. The lowest BCUT2D eigenvalue weighted by molar-refractivity contribution is -0.111. The maximum absolute atomic E-state index is 13.2. The van der Waals surface area contributed by atoms with E-state index in [2.05, 4.69) is 20.6 Å². The van der Waals surface area contributed by atoms with Crippen LogP contribution in [0.15, 0.2) is 66.6 Å². The number of carbonyl (C=O) groups is 1. The Morgan fingerprint density at radius 3 is 2.79 bits per heavy atom. The van der Waals surface area contributed by atoms with E-state index >= 15 is 0 Å². The number of nitriles is 1. The molecule has 0 aliphatic carbocycles. The normalized spacial score (nSPS) is 12.6. The van der Waals surface area contributed by atoms with Crippen molar-refractivity contribution in [3.8, 4) is 17.2 Å². The fourth-order valence-electron chi connectivity index (χ4n) is 3.41. The molecule has 3 heterocycles. The van der Waals surface area contributed by atoms with E-state index in [1.807, 2.05) is 49.5 Å². The molecule has 0 saturated carbocycles. The third-order valence-electron chi connectivity index (χ3n) is 4.92. The molecule has 29 heavy (non-hydrogen) atoms. The summed E-state index contributed by atoms with van der Waals surface area (Å²) in [5.41, 5.74) is 6.38. The Hall–Kier alpha value is -3.98. The summed E-state index contributed by atoms with van der Waals surface area (Å²) in [6.07, 6.45) is 5.81. The van der Waals surface area contributed by atoms with Crippen LogP contribution in [0.5, 0.6) is 0 Å². The molecule has 1 aliphatic rings. The second-order valence-electron chi connectivity index (χ2n) is 6.69. The lowest BCUT2D eigenvalue weighted by atomic mass is 9.90. The number of rotatable bonds is 4. The number of amides is 1. The number of aromatic nitrogens is 2. The van der Waals surface area contributed by atoms with Crippen LogP contribution in [0.1, 0.15) is 24.6 Å². The van der Waals surface area contributed by atoms with Crippen LogP contribution in [0, 0.1) is 11.3 Å². The van der Waals surface area contributed by atoms with Crippen molar-refractivity contribution in [1.82, 2.24) is 9.97 Å². The van der Waals surface area contributed by atoms with E-state index < -0.39 is 0 Å². The van der Waals surface area contributed by atoms with Crippen molar-refractivity contribution in [3.63, 3.8) is 0 Å². The quantitative estimate of drug-likeness (QED) is 0.705. The predicted octanol–water partition coefficient (Wildman–Crippen LogP) is 4.24. The van der Waals surface area contributed by atoms with Gasteiger partial charge in [0.15, 0.2) is 0 Å². The van der Waals surface area contributed by atoms with Gasteiger partial charge in [-0.25, -0.2) is 4.98 Å². The van der Waals surface area contributed by atoms with E-state index in [-0.39, 0.29) is 5.91 Å². The lowest BCUT2D eigenvalue weighted by Gasteiger charge is -2.24. The van der Waals surface area contributed by atoms with Crippen molar-refractivity contribution in [2.45, 2.75) is 13.3 Å². The number of pyridine rings is 2. The van der Waals surface area contributed by atoms with Crippen molar-refractivity contribution in [3.05, 3.63) is 77.9 Å². The number of nitrogens with zero attached hydrogens (tertiary/aromatic N) is 3. The van der Waals surface area contributed by atoms with Crippen molar-refractivity contribution >= 4 is 22.9 Å². The molecule has 0 bridgehead atoms. The van der Waals surface area contributed by atoms with Crippen LogP contribution in [0.2, 0.25) is 0 Å². The van der Waals surface area contributed by atoms with Crippen LogP contribution in [0.25, 0.3) is 16.7 Å². The summed E-state index contributed by atoms with van der Waals surface area (Å²) in [5.74, 6) is -0.181. The average Bonchev–Trinajstić information content (AvgIpc) is 2.78. The summed E-state index contributed by atoms with van der Waals surface area (Å²) in [7, 11) is 0. The van der Waals surface area contributed by atoms with Crippen LogP contribution < -0.4 is 10.6 Å².